The van der Waals surface area contributed by atoms with Gasteiger partial charge in [0.25, 0.3) is 23.4 Å². The molecule has 3 amide bonds. The molecule has 0 aromatic heterocycles. The number of halogens is 1. The number of carbonyl (C=O) groups is 3. The summed E-state index contributed by atoms with van der Waals surface area (Å²) in [5, 5.41) is 13.6. The van der Waals surface area contributed by atoms with E-state index in [0.717, 1.165) is 0 Å². The number of nitro benzene ring substituents is 1. The summed E-state index contributed by atoms with van der Waals surface area (Å²) in [4.78, 5) is 46.9. The third kappa shape index (κ3) is 5.43. The molecular formula is C21H15ClN4O5. The summed E-state index contributed by atoms with van der Waals surface area (Å²) in [5.74, 6) is -1.70. The standard InChI is InChI=1S/C21H15ClN4O5/c22-18-7-2-1-6-17(18)21(29)23-15-5-3-4-14(12-15)20(28)25-24-19(27)13-8-10-16(11-9-13)26(30)31/h1-12H,(H,23,29)(H,24,27)(H,25,28). The molecule has 0 unspecified atom stereocenters. The second-order valence-electron chi connectivity index (χ2n) is 6.23. The highest BCUT2D eigenvalue weighted by Crippen LogP contribution is 2.18. The molecule has 0 atom stereocenters. The van der Waals surface area contributed by atoms with Gasteiger partial charge in [-0.05, 0) is 42.5 Å². The van der Waals surface area contributed by atoms with E-state index in [1.54, 1.807) is 36.4 Å². The minimum atomic E-state index is -0.647. The number of nitrogens with one attached hydrogen (secondary N) is 3. The number of benzene rings is 3. The molecular weight excluding hydrogens is 424 g/mol. The van der Waals surface area contributed by atoms with Crippen molar-refractivity contribution in [2.45, 2.75) is 0 Å². The van der Waals surface area contributed by atoms with Gasteiger partial charge in [0.2, 0.25) is 0 Å². The fraction of sp³-hybridized carbons (Fsp3) is 0. The Kier molecular flexibility index (Phi) is 6.58. The Labute approximate surface area is 181 Å². The average Bonchev–Trinajstić information content (AvgIpc) is 2.77. The van der Waals surface area contributed by atoms with Crippen LogP contribution in [0.25, 0.3) is 0 Å². The van der Waals surface area contributed by atoms with E-state index in [1.807, 2.05) is 0 Å². The summed E-state index contributed by atoms with van der Waals surface area (Å²) in [6.07, 6.45) is 0. The monoisotopic (exact) mass is 438 g/mol. The number of nitro groups is 1. The van der Waals surface area contributed by atoms with E-state index < -0.39 is 22.6 Å². The van der Waals surface area contributed by atoms with Crippen molar-refractivity contribution in [2.24, 2.45) is 0 Å². The molecule has 31 heavy (non-hydrogen) atoms. The van der Waals surface area contributed by atoms with E-state index in [2.05, 4.69) is 16.2 Å². The van der Waals surface area contributed by atoms with Gasteiger partial charge >= 0.3 is 0 Å². The zero-order chi connectivity index (χ0) is 22.4. The number of hydrogen-bond donors (Lipinski definition) is 3. The third-order valence-electron chi connectivity index (χ3n) is 4.13. The zero-order valence-electron chi connectivity index (χ0n) is 15.8. The summed E-state index contributed by atoms with van der Waals surface area (Å²) in [6, 6.07) is 17.5. The predicted molar refractivity (Wildman–Crippen MR) is 114 cm³/mol. The minimum Gasteiger partial charge on any atom is -0.322 e. The number of anilines is 1. The van der Waals surface area contributed by atoms with E-state index in [0.29, 0.717) is 10.7 Å². The molecule has 0 aliphatic carbocycles. The average molecular weight is 439 g/mol. The molecule has 0 aliphatic heterocycles. The lowest BCUT2D eigenvalue weighted by atomic mass is 10.1. The normalized spacial score (nSPS) is 10.1. The summed E-state index contributed by atoms with van der Waals surface area (Å²) in [7, 11) is 0. The van der Waals surface area contributed by atoms with Crippen LogP contribution in [-0.4, -0.2) is 22.6 Å². The van der Waals surface area contributed by atoms with Crippen LogP contribution in [0, 0.1) is 10.1 Å². The number of rotatable bonds is 5. The maximum absolute atomic E-state index is 12.4. The molecule has 10 heteroatoms. The molecule has 0 spiro atoms. The van der Waals surface area contributed by atoms with Gasteiger partial charge in [-0.3, -0.25) is 35.3 Å². The van der Waals surface area contributed by atoms with Crippen molar-refractivity contribution in [3.8, 4) is 0 Å². The van der Waals surface area contributed by atoms with Gasteiger partial charge in [0.05, 0.1) is 15.5 Å². The van der Waals surface area contributed by atoms with Crippen LogP contribution in [0.1, 0.15) is 31.1 Å². The van der Waals surface area contributed by atoms with Gasteiger partial charge in [-0.15, -0.1) is 0 Å². The predicted octanol–water partition coefficient (Wildman–Crippen LogP) is 3.58. The molecule has 0 radical (unpaired) electrons. The highest BCUT2D eigenvalue weighted by molar-refractivity contribution is 6.34. The molecule has 0 fully saturated rings. The zero-order valence-corrected chi connectivity index (χ0v) is 16.6. The van der Waals surface area contributed by atoms with Crippen LogP contribution in [0.4, 0.5) is 11.4 Å². The quantitative estimate of drug-likeness (QED) is 0.414. The number of nitrogens with zero attached hydrogens (tertiary/aromatic N) is 1. The summed E-state index contributed by atoms with van der Waals surface area (Å²) in [5.41, 5.74) is 5.28. The minimum absolute atomic E-state index is 0.131. The van der Waals surface area contributed by atoms with E-state index in [-0.39, 0.29) is 22.4 Å². The maximum atomic E-state index is 12.4. The van der Waals surface area contributed by atoms with Crippen LogP contribution < -0.4 is 16.2 Å². The Balaban J connectivity index is 1.62. The lowest BCUT2D eigenvalue weighted by molar-refractivity contribution is -0.384. The molecule has 156 valence electrons. The van der Waals surface area contributed by atoms with Gasteiger partial charge < -0.3 is 5.32 Å². The highest BCUT2D eigenvalue weighted by atomic mass is 35.5. The van der Waals surface area contributed by atoms with Gasteiger partial charge in [0, 0.05) is 28.9 Å². The number of amides is 3. The Hall–Kier alpha value is -4.24. The van der Waals surface area contributed by atoms with Crippen LogP contribution in [0.3, 0.4) is 0 Å². The first-order valence-corrected chi connectivity index (χ1v) is 9.24. The van der Waals surface area contributed by atoms with Crippen molar-refractivity contribution in [2.75, 3.05) is 5.32 Å². The van der Waals surface area contributed by atoms with Crippen LogP contribution in [0.2, 0.25) is 5.02 Å². The number of carbonyl (C=O) groups excluding carboxylic acids is 3. The van der Waals surface area contributed by atoms with Gasteiger partial charge in [0.1, 0.15) is 0 Å². The van der Waals surface area contributed by atoms with Crippen molar-refractivity contribution in [1.29, 1.82) is 0 Å². The Morgan fingerprint density at radius 3 is 2.06 bits per heavy atom. The van der Waals surface area contributed by atoms with Crippen LogP contribution in [0.15, 0.2) is 72.8 Å². The summed E-state index contributed by atoms with van der Waals surface area (Å²) in [6.45, 7) is 0. The molecule has 0 bridgehead atoms. The van der Waals surface area contributed by atoms with E-state index >= 15 is 0 Å². The van der Waals surface area contributed by atoms with Crippen molar-refractivity contribution < 1.29 is 19.3 Å². The van der Waals surface area contributed by atoms with Gasteiger partial charge in [0.15, 0.2) is 0 Å². The first-order chi connectivity index (χ1) is 14.8. The Bertz CT molecular complexity index is 1160. The fourth-order valence-electron chi connectivity index (χ4n) is 2.57. The van der Waals surface area contributed by atoms with E-state index in [9.17, 15) is 24.5 Å². The lowest BCUT2D eigenvalue weighted by Crippen LogP contribution is -2.41. The molecule has 0 saturated heterocycles. The van der Waals surface area contributed by atoms with Gasteiger partial charge in [-0.1, -0.05) is 29.8 Å². The molecule has 3 aromatic carbocycles. The maximum Gasteiger partial charge on any atom is 0.269 e. The van der Waals surface area contributed by atoms with E-state index in [1.165, 1.54) is 36.4 Å². The number of non-ortho nitro benzene ring substituents is 1. The van der Waals surface area contributed by atoms with Gasteiger partial charge in [-0.25, -0.2) is 0 Å². The molecule has 0 heterocycles. The SMILES string of the molecule is O=C(NNC(=O)c1cccc(NC(=O)c2ccccc2Cl)c1)c1ccc([N+](=O)[O-])cc1. The fourth-order valence-corrected chi connectivity index (χ4v) is 2.80. The molecule has 0 saturated carbocycles. The topological polar surface area (TPSA) is 130 Å². The first kappa shape index (κ1) is 21.5. The summed E-state index contributed by atoms with van der Waals surface area (Å²) >= 11 is 6.01. The van der Waals surface area contributed by atoms with Crippen molar-refractivity contribution in [3.63, 3.8) is 0 Å². The molecule has 3 aromatic rings. The number of hydrogen-bond acceptors (Lipinski definition) is 5. The largest absolute Gasteiger partial charge is 0.322 e. The molecule has 3 rings (SSSR count). The summed E-state index contributed by atoms with van der Waals surface area (Å²) < 4.78 is 0. The number of hydrazine groups is 1. The van der Waals surface area contributed by atoms with Gasteiger partial charge in [-0.2, -0.15) is 0 Å². The Morgan fingerprint density at radius 2 is 1.42 bits per heavy atom. The lowest BCUT2D eigenvalue weighted by Gasteiger charge is -2.10. The van der Waals surface area contributed by atoms with Crippen molar-refractivity contribution in [3.05, 3.63) is 105 Å². The smallest absolute Gasteiger partial charge is 0.269 e. The van der Waals surface area contributed by atoms with Crippen LogP contribution >= 0.6 is 11.6 Å². The Morgan fingerprint density at radius 1 is 0.774 bits per heavy atom. The van der Waals surface area contributed by atoms with E-state index in [4.69, 9.17) is 11.6 Å². The van der Waals surface area contributed by atoms with Crippen molar-refractivity contribution in [1.82, 2.24) is 10.9 Å². The second-order valence-corrected chi connectivity index (χ2v) is 6.63. The second kappa shape index (κ2) is 9.51. The molecule has 0 aliphatic rings. The highest BCUT2D eigenvalue weighted by Gasteiger charge is 2.13. The van der Waals surface area contributed by atoms with Crippen LogP contribution in [-0.2, 0) is 0 Å². The first-order valence-electron chi connectivity index (χ1n) is 8.86. The third-order valence-corrected chi connectivity index (χ3v) is 4.46. The van der Waals surface area contributed by atoms with Crippen molar-refractivity contribution >= 4 is 40.7 Å². The van der Waals surface area contributed by atoms with Crippen LogP contribution in [0.5, 0.6) is 0 Å². The molecule has 9 nitrogen and oxygen atoms in total. The molecule has 3 N–H and O–H groups in total.